The minimum atomic E-state index is 0.486. The van der Waals surface area contributed by atoms with E-state index in [0.717, 1.165) is 15.2 Å². The highest BCUT2D eigenvalue weighted by Gasteiger charge is 2.42. The Bertz CT molecular complexity index is 374. The zero-order valence-corrected chi connectivity index (χ0v) is 11.3. The van der Waals surface area contributed by atoms with E-state index >= 15 is 0 Å². The van der Waals surface area contributed by atoms with Crippen molar-refractivity contribution in [3.05, 3.63) is 27.7 Å². The second kappa shape index (κ2) is 3.99. The maximum Gasteiger partial charge on any atom is 0.0568 e. The average Bonchev–Trinajstić information content (AvgIpc) is 2.92. The van der Waals surface area contributed by atoms with Gasteiger partial charge in [0.1, 0.15) is 0 Å². The van der Waals surface area contributed by atoms with E-state index in [9.17, 15) is 0 Å². The molecular weight excluding hydrogens is 273 g/mol. The summed E-state index contributed by atoms with van der Waals surface area (Å²) in [5.41, 5.74) is 1.59. The lowest BCUT2D eigenvalue weighted by atomic mass is 10.0. The van der Waals surface area contributed by atoms with Gasteiger partial charge in [-0.15, -0.1) is 0 Å². The zero-order valence-electron chi connectivity index (χ0n) is 8.98. The molecule has 1 fully saturated rings. The van der Waals surface area contributed by atoms with E-state index in [4.69, 9.17) is 11.6 Å². The van der Waals surface area contributed by atoms with Crippen molar-refractivity contribution in [2.75, 3.05) is 5.32 Å². The molecule has 1 aromatic rings. The van der Waals surface area contributed by atoms with Crippen LogP contribution in [0.2, 0.25) is 5.02 Å². The van der Waals surface area contributed by atoms with Crippen LogP contribution in [0.4, 0.5) is 5.69 Å². The molecule has 15 heavy (non-hydrogen) atoms. The molecule has 82 valence electrons. The highest BCUT2D eigenvalue weighted by molar-refractivity contribution is 9.10. The van der Waals surface area contributed by atoms with E-state index in [0.29, 0.717) is 11.5 Å². The summed E-state index contributed by atoms with van der Waals surface area (Å²) >= 11 is 9.43. The van der Waals surface area contributed by atoms with Crippen LogP contribution < -0.4 is 5.32 Å². The van der Waals surface area contributed by atoms with Crippen molar-refractivity contribution >= 4 is 33.2 Å². The quantitative estimate of drug-likeness (QED) is 0.850. The molecule has 0 radical (unpaired) electrons. The lowest BCUT2D eigenvalue weighted by molar-refractivity contribution is 0.493. The summed E-state index contributed by atoms with van der Waals surface area (Å²) in [6, 6.07) is 6.51. The van der Waals surface area contributed by atoms with E-state index in [2.05, 4.69) is 41.2 Å². The zero-order chi connectivity index (χ0) is 11.1. The second-order valence-electron chi connectivity index (χ2n) is 4.65. The van der Waals surface area contributed by atoms with Crippen molar-refractivity contribution < 1.29 is 0 Å². The Hall–Kier alpha value is -0.210. The van der Waals surface area contributed by atoms with E-state index in [-0.39, 0.29) is 0 Å². The van der Waals surface area contributed by atoms with Gasteiger partial charge in [-0.3, -0.25) is 0 Å². The number of rotatable bonds is 3. The molecule has 1 aliphatic carbocycles. The van der Waals surface area contributed by atoms with Gasteiger partial charge < -0.3 is 5.32 Å². The first-order valence-electron chi connectivity index (χ1n) is 5.23. The van der Waals surface area contributed by atoms with Crippen LogP contribution in [0.25, 0.3) is 0 Å². The van der Waals surface area contributed by atoms with Gasteiger partial charge in [-0.05, 0) is 59.3 Å². The highest BCUT2D eigenvalue weighted by Crippen LogP contribution is 2.48. The molecule has 1 unspecified atom stereocenters. The number of halogens is 2. The smallest absolute Gasteiger partial charge is 0.0568 e. The van der Waals surface area contributed by atoms with Crippen LogP contribution in [0, 0.1) is 5.41 Å². The van der Waals surface area contributed by atoms with Gasteiger partial charge >= 0.3 is 0 Å². The number of benzene rings is 1. The maximum atomic E-state index is 6.04. The Morgan fingerprint density at radius 1 is 1.47 bits per heavy atom. The van der Waals surface area contributed by atoms with Crippen LogP contribution in [-0.2, 0) is 0 Å². The van der Waals surface area contributed by atoms with Crippen LogP contribution >= 0.6 is 27.5 Å². The van der Waals surface area contributed by atoms with Crippen molar-refractivity contribution in [1.82, 2.24) is 0 Å². The first-order chi connectivity index (χ1) is 7.01. The van der Waals surface area contributed by atoms with Crippen LogP contribution in [0.3, 0.4) is 0 Å². The number of hydrogen-bond acceptors (Lipinski definition) is 1. The molecule has 1 nitrogen and oxygen atoms in total. The van der Waals surface area contributed by atoms with Crippen molar-refractivity contribution in [2.45, 2.75) is 32.7 Å². The van der Waals surface area contributed by atoms with Crippen molar-refractivity contribution in [1.29, 1.82) is 0 Å². The first-order valence-corrected chi connectivity index (χ1v) is 6.40. The van der Waals surface area contributed by atoms with Gasteiger partial charge in [-0.1, -0.05) is 18.5 Å². The van der Waals surface area contributed by atoms with Gasteiger partial charge in [0.2, 0.25) is 0 Å². The number of anilines is 1. The molecule has 1 aliphatic rings. The van der Waals surface area contributed by atoms with Crippen LogP contribution in [0.5, 0.6) is 0 Å². The molecule has 0 aromatic heterocycles. The van der Waals surface area contributed by atoms with Crippen LogP contribution in [-0.4, -0.2) is 6.04 Å². The van der Waals surface area contributed by atoms with Crippen LogP contribution in [0.1, 0.15) is 26.7 Å². The fraction of sp³-hybridized carbons (Fsp3) is 0.500. The molecule has 1 N–H and O–H groups in total. The van der Waals surface area contributed by atoms with Gasteiger partial charge in [0, 0.05) is 16.2 Å². The Morgan fingerprint density at radius 3 is 2.67 bits per heavy atom. The first kappa shape index (κ1) is 11.3. The van der Waals surface area contributed by atoms with E-state index < -0.39 is 0 Å². The fourth-order valence-corrected chi connectivity index (χ4v) is 2.07. The second-order valence-corrected chi connectivity index (χ2v) is 5.91. The Balaban J connectivity index is 2.07. The monoisotopic (exact) mass is 287 g/mol. The van der Waals surface area contributed by atoms with E-state index in [1.807, 2.05) is 12.1 Å². The predicted molar refractivity (Wildman–Crippen MR) is 69.6 cm³/mol. The minimum absolute atomic E-state index is 0.486. The van der Waals surface area contributed by atoms with Gasteiger partial charge in [-0.25, -0.2) is 0 Å². The Labute approximate surface area is 104 Å². The summed E-state index contributed by atoms with van der Waals surface area (Å²) in [7, 11) is 0. The summed E-state index contributed by atoms with van der Waals surface area (Å²) in [5.74, 6) is 0. The normalized spacial score (nSPS) is 19.7. The van der Waals surface area contributed by atoms with Gasteiger partial charge in [-0.2, -0.15) is 0 Å². The summed E-state index contributed by atoms with van der Waals surface area (Å²) in [6.45, 7) is 4.56. The summed E-state index contributed by atoms with van der Waals surface area (Å²) in [4.78, 5) is 0. The molecule has 0 aliphatic heterocycles. The molecule has 3 heteroatoms. The molecular formula is C12H15BrClN. The van der Waals surface area contributed by atoms with Gasteiger partial charge in [0.25, 0.3) is 0 Å². The predicted octanol–water partition coefficient (Wildman–Crippen LogP) is 4.70. The lowest BCUT2D eigenvalue weighted by Crippen LogP contribution is -2.24. The minimum Gasteiger partial charge on any atom is -0.382 e. The van der Waals surface area contributed by atoms with Crippen molar-refractivity contribution in [2.24, 2.45) is 5.41 Å². The third-order valence-corrected chi connectivity index (χ3v) is 4.62. The maximum absolute atomic E-state index is 6.04. The molecule has 0 spiro atoms. The lowest BCUT2D eigenvalue weighted by Gasteiger charge is -2.21. The largest absolute Gasteiger partial charge is 0.382 e. The molecule has 0 bridgehead atoms. The van der Waals surface area contributed by atoms with E-state index in [1.165, 1.54) is 12.8 Å². The number of hydrogen-bond donors (Lipinski definition) is 1. The molecule has 1 aromatic carbocycles. The van der Waals surface area contributed by atoms with E-state index in [1.54, 1.807) is 0 Å². The molecule has 0 saturated heterocycles. The third-order valence-electron chi connectivity index (χ3n) is 3.39. The molecule has 0 heterocycles. The number of nitrogens with one attached hydrogen (secondary N) is 1. The standard InChI is InChI=1S/C12H15BrClN/c1-8(12(2)5-6-12)15-9-3-4-10(13)11(14)7-9/h3-4,7-8,15H,5-6H2,1-2H3. The van der Waals surface area contributed by atoms with Gasteiger partial charge in [0.05, 0.1) is 5.02 Å². The molecule has 1 saturated carbocycles. The van der Waals surface area contributed by atoms with Gasteiger partial charge in [0.15, 0.2) is 0 Å². The fourth-order valence-electron chi connectivity index (χ4n) is 1.64. The summed E-state index contributed by atoms with van der Waals surface area (Å²) in [5, 5.41) is 4.26. The molecule has 0 amide bonds. The van der Waals surface area contributed by atoms with Crippen LogP contribution in [0.15, 0.2) is 22.7 Å². The third kappa shape index (κ3) is 2.48. The van der Waals surface area contributed by atoms with Crippen molar-refractivity contribution in [3.63, 3.8) is 0 Å². The topological polar surface area (TPSA) is 12.0 Å². The molecule has 1 atom stereocenters. The summed E-state index contributed by atoms with van der Waals surface area (Å²) in [6.07, 6.45) is 2.65. The highest BCUT2D eigenvalue weighted by atomic mass is 79.9. The summed E-state index contributed by atoms with van der Waals surface area (Å²) < 4.78 is 0.944. The SMILES string of the molecule is CC(Nc1ccc(Br)c(Cl)c1)C1(C)CC1. The Morgan fingerprint density at radius 2 is 2.13 bits per heavy atom. The van der Waals surface area contributed by atoms with Crippen molar-refractivity contribution in [3.8, 4) is 0 Å². The average molecular weight is 289 g/mol. The molecule has 2 rings (SSSR count). The Kier molecular flexibility index (Phi) is 3.00.